The Balaban J connectivity index is 1.75. The van der Waals surface area contributed by atoms with Gasteiger partial charge >= 0.3 is 12.0 Å². The third kappa shape index (κ3) is 4.32. The van der Waals surface area contributed by atoms with Gasteiger partial charge in [0.05, 0.1) is 6.10 Å². The van der Waals surface area contributed by atoms with E-state index in [1.807, 2.05) is 0 Å². The van der Waals surface area contributed by atoms with Crippen LogP contribution in [0.4, 0.5) is 4.79 Å². The lowest BCUT2D eigenvalue weighted by atomic mass is 10.2. The lowest BCUT2D eigenvalue weighted by Crippen LogP contribution is -2.47. The highest BCUT2D eigenvalue weighted by molar-refractivity contribution is 5.84. The highest BCUT2D eigenvalue weighted by Crippen LogP contribution is 2.20. The third-order valence-corrected chi connectivity index (χ3v) is 3.71. The lowest BCUT2D eigenvalue weighted by molar-refractivity contribution is -0.141. The van der Waals surface area contributed by atoms with Crippen molar-refractivity contribution in [2.24, 2.45) is 0 Å². The molecule has 0 radical (unpaired) electrons. The number of nitrogens with zero attached hydrogens (tertiary/aromatic N) is 1. The van der Waals surface area contributed by atoms with Gasteiger partial charge in [-0.25, -0.2) is 9.59 Å². The monoisotopic (exact) mass is 299 g/mol. The van der Waals surface area contributed by atoms with E-state index in [0.29, 0.717) is 6.04 Å². The molecule has 2 atom stereocenters. The van der Waals surface area contributed by atoms with Gasteiger partial charge in [0.1, 0.15) is 6.04 Å². The van der Waals surface area contributed by atoms with Crippen molar-refractivity contribution >= 4 is 17.9 Å². The van der Waals surface area contributed by atoms with E-state index in [1.54, 1.807) is 0 Å². The number of carbonyl (C=O) groups is 3. The average Bonchev–Trinajstić information content (AvgIpc) is 3.13. The van der Waals surface area contributed by atoms with Gasteiger partial charge in [-0.1, -0.05) is 0 Å². The Bertz CT molecular complexity index is 424. The van der Waals surface area contributed by atoms with Gasteiger partial charge in [-0.15, -0.1) is 0 Å². The molecule has 0 aromatic heterocycles. The van der Waals surface area contributed by atoms with Crippen LogP contribution in [0.3, 0.4) is 0 Å². The molecule has 0 spiro atoms. The number of carboxylic acids is 1. The maximum Gasteiger partial charge on any atom is 0.326 e. The molecule has 1 aliphatic heterocycles. The van der Waals surface area contributed by atoms with Crippen molar-refractivity contribution in [1.29, 1.82) is 0 Å². The summed E-state index contributed by atoms with van der Waals surface area (Å²) >= 11 is 0. The Hall–Kier alpha value is -1.83. The van der Waals surface area contributed by atoms with E-state index in [4.69, 9.17) is 9.84 Å². The smallest absolute Gasteiger partial charge is 0.326 e. The molecule has 3 N–H and O–H groups in total. The summed E-state index contributed by atoms with van der Waals surface area (Å²) in [6.07, 6.45) is 2.24. The number of aliphatic carboxylic acids is 1. The van der Waals surface area contributed by atoms with E-state index in [2.05, 4.69) is 10.6 Å². The molecule has 1 saturated carbocycles. The van der Waals surface area contributed by atoms with Crippen LogP contribution >= 0.6 is 0 Å². The summed E-state index contributed by atoms with van der Waals surface area (Å²) in [6.45, 7) is 0.436. The van der Waals surface area contributed by atoms with E-state index >= 15 is 0 Å². The van der Waals surface area contributed by atoms with Gasteiger partial charge in [-0.05, 0) is 12.8 Å². The predicted molar refractivity (Wildman–Crippen MR) is 72.7 cm³/mol. The molecule has 0 aromatic carbocycles. The number of urea groups is 1. The standard InChI is InChI=1S/C13H21N3O5/c1-21-9-6-10(12(18)19)16(7-9)13(20)14-5-4-11(17)15-8-2-3-8/h8-10H,2-7H2,1H3,(H,14,20)(H,15,17)(H,18,19). The molecule has 2 aliphatic rings. The normalized spacial score (nSPS) is 24.7. The molecule has 1 aliphatic carbocycles. The summed E-state index contributed by atoms with van der Waals surface area (Å²) in [7, 11) is 1.49. The summed E-state index contributed by atoms with van der Waals surface area (Å²) in [6, 6.07) is -1.05. The second-order valence-electron chi connectivity index (χ2n) is 5.42. The molecular formula is C13H21N3O5. The van der Waals surface area contributed by atoms with Gasteiger partial charge in [0, 0.05) is 39.1 Å². The van der Waals surface area contributed by atoms with Crippen LogP contribution in [0, 0.1) is 0 Å². The quantitative estimate of drug-likeness (QED) is 0.615. The first-order valence-corrected chi connectivity index (χ1v) is 7.10. The second-order valence-corrected chi connectivity index (χ2v) is 5.42. The molecule has 2 unspecified atom stereocenters. The molecule has 1 saturated heterocycles. The zero-order chi connectivity index (χ0) is 15.4. The number of carbonyl (C=O) groups excluding carboxylic acids is 2. The lowest BCUT2D eigenvalue weighted by Gasteiger charge is -2.21. The molecule has 8 heteroatoms. The van der Waals surface area contributed by atoms with Crippen LogP contribution in [0.1, 0.15) is 25.7 Å². The van der Waals surface area contributed by atoms with E-state index in [0.717, 1.165) is 12.8 Å². The van der Waals surface area contributed by atoms with E-state index < -0.39 is 18.0 Å². The fourth-order valence-corrected chi connectivity index (χ4v) is 2.34. The Morgan fingerprint density at radius 1 is 1.33 bits per heavy atom. The van der Waals surface area contributed by atoms with Crippen molar-refractivity contribution in [3.05, 3.63) is 0 Å². The number of hydrogen-bond donors (Lipinski definition) is 3. The molecule has 8 nitrogen and oxygen atoms in total. The number of nitrogens with one attached hydrogen (secondary N) is 2. The molecule has 0 bridgehead atoms. The number of hydrogen-bond acceptors (Lipinski definition) is 4. The van der Waals surface area contributed by atoms with E-state index in [-0.39, 0.29) is 37.9 Å². The number of rotatable bonds is 6. The maximum absolute atomic E-state index is 12.0. The fraction of sp³-hybridized carbons (Fsp3) is 0.769. The molecule has 0 aromatic rings. The van der Waals surface area contributed by atoms with Crippen molar-refractivity contribution in [3.8, 4) is 0 Å². The van der Waals surface area contributed by atoms with E-state index in [1.165, 1.54) is 12.0 Å². The van der Waals surface area contributed by atoms with Crippen molar-refractivity contribution < 1.29 is 24.2 Å². The van der Waals surface area contributed by atoms with Gasteiger partial charge in [-0.3, -0.25) is 4.79 Å². The summed E-state index contributed by atoms with van der Waals surface area (Å²) in [5.41, 5.74) is 0. The first kappa shape index (κ1) is 15.6. The third-order valence-electron chi connectivity index (χ3n) is 3.71. The minimum absolute atomic E-state index is 0.0937. The minimum atomic E-state index is -1.05. The van der Waals surface area contributed by atoms with Crippen LogP contribution < -0.4 is 10.6 Å². The van der Waals surface area contributed by atoms with Crippen LogP contribution in [-0.4, -0.2) is 66.3 Å². The highest BCUT2D eigenvalue weighted by Gasteiger charge is 2.39. The molecular weight excluding hydrogens is 278 g/mol. The zero-order valence-electron chi connectivity index (χ0n) is 12.0. The summed E-state index contributed by atoms with van der Waals surface area (Å²) in [5, 5.41) is 14.5. The second kappa shape index (κ2) is 6.75. The number of ether oxygens (including phenoxy) is 1. The zero-order valence-corrected chi connectivity index (χ0v) is 12.0. The van der Waals surface area contributed by atoms with Crippen molar-refractivity contribution in [2.45, 2.75) is 43.9 Å². The number of likely N-dealkylation sites (tertiary alicyclic amines) is 1. The molecule has 2 rings (SSSR count). The van der Waals surface area contributed by atoms with Gasteiger partial charge in [0.25, 0.3) is 0 Å². The van der Waals surface area contributed by atoms with E-state index in [9.17, 15) is 14.4 Å². The molecule has 21 heavy (non-hydrogen) atoms. The van der Waals surface area contributed by atoms with Crippen molar-refractivity contribution in [3.63, 3.8) is 0 Å². The number of carboxylic acid groups (broad SMARTS) is 1. The SMILES string of the molecule is COC1CC(C(=O)O)N(C(=O)NCCC(=O)NC2CC2)C1. The molecule has 118 valence electrons. The van der Waals surface area contributed by atoms with Gasteiger partial charge < -0.3 is 25.4 Å². The predicted octanol–water partition coefficient (Wildman–Crippen LogP) is -0.461. The van der Waals surface area contributed by atoms with Crippen molar-refractivity contribution in [2.75, 3.05) is 20.2 Å². The number of methoxy groups -OCH3 is 1. The first-order chi connectivity index (χ1) is 10.0. The maximum atomic E-state index is 12.0. The van der Waals surface area contributed by atoms with Gasteiger partial charge in [0.15, 0.2) is 0 Å². The molecule has 3 amide bonds. The molecule has 1 heterocycles. The van der Waals surface area contributed by atoms with Crippen LogP contribution in [0.15, 0.2) is 0 Å². The highest BCUT2D eigenvalue weighted by atomic mass is 16.5. The fourth-order valence-electron chi connectivity index (χ4n) is 2.34. The summed E-state index contributed by atoms with van der Waals surface area (Å²) in [4.78, 5) is 35.9. The van der Waals surface area contributed by atoms with Gasteiger partial charge in [0.2, 0.25) is 5.91 Å². The number of amides is 3. The van der Waals surface area contributed by atoms with Crippen LogP contribution in [0.2, 0.25) is 0 Å². The topological polar surface area (TPSA) is 108 Å². The summed E-state index contributed by atoms with van der Waals surface area (Å²) < 4.78 is 5.12. The van der Waals surface area contributed by atoms with Crippen LogP contribution in [0.25, 0.3) is 0 Å². The van der Waals surface area contributed by atoms with Gasteiger partial charge in [-0.2, -0.15) is 0 Å². The Labute approximate surface area is 122 Å². The largest absolute Gasteiger partial charge is 0.480 e. The molecule has 2 fully saturated rings. The minimum Gasteiger partial charge on any atom is -0.480 e. The van der Waals surface area contributed by atoms with Crippen LogP contribution in [-0.2, 0) is 14.3 Å². The summed E-state index contributed by atoms with van der Waals surface area (Å²) in [5.74, 6) is -1.14. The average molecular weight is 299 g/mol. The Morgan fingerprint density at radius 2 is 2.05 bits per heavy atom. The van der Waals surface area contributed by atoms with Crippen molar-refractivity contribution in [1.82, 2.24) is 15.5 Å². The Kier molecular flexibility index (Phi) is 5.00. The Morgan fingerprint density at radius 3 is 2.62 bits per heavy atom. The van der Waals surface area contributed by atoms with Crippen LogP contribution in [0.5, 0.6) is 0 Å². The first-order valence-electron chi connectivity index (χ1n) is 7.10.